The Morgan fingerprint density at radius 1 is 1.00 bits per heavy atom. The van der Waals surface area contributed by atoms with E-state index in [0.29, 0.717) is 10.6 Å². The molecule has 24 heavy (non-hydrogen) atoms. The van der Waals surface area contributed by atoms with Gasteiger partial charge in [-0.05, 0) is 37.6 Å². The summed E-state index contributed by atoms with van der Waals surface area (Å²) in [6, 6.07) is 11.3. The Hall–Kier alpha value is -1.98. The van der Waals surface area contributed by atoms with Crippen LogP contribution in [0.4, 0.5) is 13.2 Å². The fourth-order valence-corrected chi connectivity index (χ4v) is 2.93. The fraction of sp³-hybridized carbons (Fsp3) is 0.222. The van der Waals surface area contributed by atoms with Gasteiger partial charge in [-0.25, -0.2) is 0 Å². The van der Waals surface area contributed by atoms with Crippen molar-refractivity contribution in [3.63, 3.8) is 0 Å². The second-order valence-corrected chi connectivity index (χ2v) is 6.32. The van der Waals surface area contributed by atoms with Crippen molar-refractivity contribution < 1.29 is 18.0 Å². The van der Waals surface area contributed by atoms with E-state index in [1.165, 1.54) is 12.1 Å². The van der Waals surface area contributed by atoms with Crippen LogP contribution in [0, 0.1) is 13.8 Å². The van der Waals surface area contributed by atoms with E-state index in [-0.39, 0.29) is 11.3 Å². The minimum absolute atomic E-state index is 0.0453. The van der Waals surface area contributed by atoms with Crippen molar-refractivity contribution in [3.8, 4) is 0 Å². The largest absolute Gasteiger partial charge is 0.428 e. The summed E-state index contributed by atoms with van der Waals surface area (Å²) in [6.07, 6.45) is -3.54. The van der Waals surface area contributed by atoms with E-state index < -0.39 is 11.8 Å². The van der Waals surface area contributed by atoms with E-state index >= 15 is 0 Å². The van der Waals surface area contributed by atoms with E-state index in [4.69, 9.17) is 16.4 Å². The Morgan fingerprint density at radius 3 is 2.12 bits per heavy atom. The van der Waals surface area contributed by atoms with E-state index in [9.17, 15) is 13.2 Å². The summed E-state index contributed by atoms with van der Waals surface area (Å²) in [6.45, 7) is 3.51. The lowest BCUT2D eigenvalue weighted by Gasteiger charge is -2.29. The Bertz CT molecular complexity index is 779. The van der Waals surface area contributed by atoms with Crippen LogP contribution in [0.25, 0.3) is 5.70 Å². The van der Waals surface area contributed by atoms with Crippen molar-refractivity contribution in [2.75, 3.05) is 0 Å². The minimum Gasteiger partial charge on any atom is -0.265 e. The van der Waals surface area contributed by atoms with Crippen LogP contribution < -0.4 is 5.48 Å². The molecule has 6 heteroatoms. The van der Waals surface area contributed by atoms with Crippen LogP contribution in [0.3, 0.4) is 0 Å². The summed E-state index contributed by atoms with van der Waals surface area (Å²) in [7, 11) is 0. The molecule has 0 amide bonds. The average molecular weight is 354 g/mol. The number of halogens is 4. The van der Waals surface area contributed by atoms with Gasteiger partial charge in [0, 0.05) is 10.6 Å². The van der Waals surface area contributed by atoms with Gasteiger partial charge >= 0.3 is 6.18 Å². The first-order valence-electron chi connectivity index (χ1n) is 7.29. The average Bonchev–Trinajstić information content (AvgIpc) is 2.93. The third-order valence-corrected chi connectivity index (χ3v) is 4.15. The van der Waals surface area contributed by atoms with E-state index in [1.54, 1.807) is 38.1 Å². The van der Waals surface area contributed by atoms with Crippen LogP contribution in [-0.4, -0.2) is 6.18 Å². The third kappa shape index (κ3) is 2.89. The zero-order chi connectivity index (χ0) is 17.5. The van der Waals surface area contributed by atoms with E-state index in [0.717, 1.165) is 17.2 Å². The Balaban J connectivity index is 2.13. The lowest BCUT2D eigenvalue weighted by molar-refractivity contribution is -0.269. The summed E-state index contributed by atoms with van der Waals surface area (Å²) in [5, 5.41) is 0.509. The molecule has 2 aromatic carbocycles. The Morgan fingerprint density at radius 2 is 1.58 bits per heavy atom. The van der Waals surface area contributed by atoms with E-state index in [1.807, 2.05) is 6.07 Å². The highest BCUT2D eigenvalue weighted by atomic mass is 35.5. The first-order chi connectivity index (χ1) is 11.2. The fourth-order valence-electron chi connectivity index (χ4n) is 2.80. The molecule has 1 heterocycles. The molecule has 1 aliphatic rings. The number of alkyl halides is 3. The monoisotopic (exact) mass is 353 g/mol. The van der Waals surface area contributed by atoms with E-state index in [2.05, 4.69) is 5.48 Å². The number of hydrogen-bond donors (Lipinski definition) is 1. The molecule has 3 rings (SSSR count). The maximum absolute atomic E-state index is 13.9. The SMILES string of the molecule is Cc1cc(C)cc(C2(C(F)(F)F)C=C(c3ccc(Cl)cc3)NO2)c1. The van der Waals surface area contributed by atoms with Gasteiger partial charge in [0.2, 0.25) is 5.60 Å². The number of rotatable bonds is 2. The zero-order valence-corrected chi connectivity index (χ0v) is 13.8. The first kappa shape index (κ1) is 16.9. The Kier molecular flexibility index (Phi) is 4.10. The van der Waals surface area contributed by atoms with Crippen molar-refractivity contribution >= 4 is 17.3 Å². The molecular weight excluding hydrogens is 339 g/mol. The topological polar surface area (TPSA) is 21.3 Å². The molecule has 2 aromatic rings. The molecule has 0 spiro atoms. The van der Waals surface area contributed by atoms with Gasteiger partial charge in [-0.15, -0.1) is 0 Å². The maximum atomic E-state index is 13.9. The van der Waals surface area contributed by atoms with Gasteiger partial charge in [-0.1, -0.05) is 53.1 Å². The zero-order valence-electron chi connectivity index (χ0n) is 13.0. The molecule has 0 aromatic heterocycles. The Labute approximate surface area is 142 Å². The van der Waals surface area contributed by atoms with Crippen molar-refractivity contribution in [2.45, 2.75) is 25.6 Å². The van der Waals surface area contributed by atoms with Crippen molar-refractivity contribution in [1.29, 1.82) is 0 Å². The second-order valence-electron chi connectivity index (χ2n) is 5.88. The van der Waals surface area contributed by atoms with Crippen molar-refractivity contribution in [3.05, 3.63) is 75.8 Å². The first-order valence-corrected chi connectivity index (χ1v) is 7.67. The highest BCUT2D eigenvalue weighted by molar-refractivity contribution is 6.30. The summed E-state index contributed by atoms with van der Waals surface area (Å²) in [5.41, 5.74) is 2.24. The van der Waals surface area contributed by atoms with Crippen molar-refractivity contribution in [1.82, 2.24) is 5.48 Å². The lowest BCUT2D eigenvalue weighted by atomic mass is 9.89. The molecule has 0 bridgehead atoms. The lowest BCUT2D eigenvalue weighted by Crippen LogP contribution is -2.42. The smallest absolute Gasteiger partial charge is 0.265 e. The molecule has 0 aliphatic carbocycles. The highest BCUT2D eigenvalue weighted by Crippen LogP contribution is 2.47. The van der Waals surface area contributed by atoms with Gasteiger partial charge in [0.15, 0.2) is 0 Å². The normalized spacial score (nSPS) is 20.7. The van der Waals surface area contributed by atoms with Crippen molar-refractivity contribution in [2.24, 2.45) is 0 Å². The number of benzene rings is 2. The minimum atomic E-state index is -4.62. The molecule has 0 fully saturated rings. The highest BCUT2D eigenvalue weighted by Gasteiger charge is 2.59. The molecule has 126 valence electrons. The standard InChI is InChI=1S/C18H15ClF3NO/c1-11-7-12(2)9-14(8-11)17(18(20,21)22)10-16(23-24-17)13-3-5-15(19)6-4-13/h3-10,23H,1-2H3. The van der Waals surface area contributed by atoms with Gasteiger partial charge in [0.05, 0.1) is 5.70 Å². The maximum Gasteiger partial charge on any atom is 0.428 e. The quantitative estimate of drug-likeness (QED) is 0.792. The summed E-state index contributed by atoms with van der Waals surface area (Å²) >= 11 is 5.83. The van der Waals surface area contributed by atoms with Crippen LogP contribution in [0.5, 0.6) is 0 Å². The molecule has 1 aliphatic heterocycles. The number of hydroxylamine groups is 1. The molecule has 0 radical (unpaired) electrons. The molecular formula is C18H15ClF3NO. The predicted octanol–water partition coefficient (Wildman–Crippen LogP) is 5.29. The molecule has 0 saturated carbocycles. The number of aryl methyl sites for hydroxylation is 2. The van der Waals surface area contributed by atoms with Gasteiger partial charge in [-0.2, -0.15) is 13.2 Å². The molecule has 0 saturated heterocycles. The van der Waals surface area contributed by atoms with Crippen LogP contribution in [-0.2, 0) is 10.4 Å². The van der Waals surface area contributed by atoms with Crippen LogP contribution in [0.15, 0.2) is 48.5 Å². The second kappa shape index (κ2) is 5.83. The molecule has 2 nitrogen and oxygen atoms in total. The summed E-state index contributed by atoms with van der Waals surface area (Å²) < 4.78 is 41.7. The summed E-state index contributed by atoms with van der Waals surface area (Å²) in [5.74, 6) is 0. The number of nitrogens with one attached hydrogen (secondary N) is 1. The predicted molar refractivity (Wildman–Crippen MR) is 87.3 cm³/mol. The van der Waals surface area contributed by atoms with Gasteiger partial charge in [-0.3, -0.25) is 10.3 Å². The van der Waals surface area contributed by atoms with Crippen LogP contribution in [0.1, 0.15) is 22.3 Å². The number of hydrogen-bond acceptors (Lipinski definition) is 2. The summed E-state index contributed by atoms with van der Waals surface area (Å²) in [4.78, 5) is 5.10. The van der Waals surface area contributed by atoms with Gasteiger partial charge in [0.25, 0.3) is 0 Å². The van der Waals surface area contributed by atoms with Crippen LogP contribution >= 0.6 is 11.6 Å². The van der Waals surface area contributed by atoms with Gasteiger partial charge in [0.1, 0.15) is 0 Å². The molecule has 1 unspecified atom stereocenters. The molecule has 1 N–H and O–H groups in total. The molecule has 1 atom stereocenters. The van der Waals surface area contributed by atoms with Crippen LogP contribution in [0.2, 0.25) is 5.02 Å². The third-order valence-electron chi connectivity index (χ3n) is 3.90. The van der Waals surface area contributed by atoms with Gasteiger partial charge < -0.3 is 0 Å².